The van der Waals surface area contributed by atoms with E-state index in [2.05, 4.69) is 24.5 Å². The van der Waals surface area contributed by atoms with Gasteiger partial charge in [-0.2, -0.15) is 0 Å². The predicted molar refractivity (Wildman–Crippen MR) is 70.4 cm³/mol. The zero-order chi connectivity index (χ0) is 13.4. The van der Waals surface area contributed by atoms with Gasteiger partial charge in [0.05, 0.1) is 25.7 Å². The molecule has 1 saturated heterocycles. The number of carbonyl (C=O) groups is 1. The molecule has 0 radical (unpaired) electrons. The van der Waals surface area contributed by atoms with Gasteiger partial charge in [-0.05, 0) is 19.4 Å². The van der Waals surface area contributed by atoms with Crippen molar-refractivity contribution in [2.75, 3.05) is 40.0 Å². The van der Waals surface area contributed by atoms with Gasteiger partial charge in [-0.3, -0.25) is 4.79 Å². The Kier molecular flexibility index (Phi) is 7.23. The predicted octanol–water partition coefficient (Wildman–Crippen LogP) is 0.400. The van der Waals surface area contributed by atoms with Crippen molar-refractivity contribution in [3.63, 3.8) is 0 Å². The van der Waals surface area contributed by atoms with Crippen molar-refractivity contribution in [1.29, 1.82) is 0 Å². The molecule has 1 rings (SSSR count). The van der Waals surface area contributed by atoms with Gasteiger partial charge in [0.15, 0.2) is 0 Å². The lowest BCUT2D eigenvalue weighted by molar-refractivity contribution is -0.125. The van der Waals surface area contributed by atoms with Gasteiger partial charge < -0.3 is 20.1 Å². The third kappa shape index (κ3) is 5.33. The van der Waals surface area contributed by atoms with Crippen LogP contribution in [0.2, 0.25) is 0 Å². The Balaban J connectivity index is 2.06. The molecule has 2 N–H and O–H groups in total. The first-order valence-electron chi connectivity index (χ1n) is 6.75. The monoisotopic (exact) mass is 258 g/mol. The van der Waals surface area contributed by atoms with E-state index in [1.165, 1.54) is 0 Å². The summed E-state index contributed by atoms with van der Waals surface area (Å²) in [4.78, 5) is 11.9. The number of amides is 1. The van der Waals surface area contributed by atoms with E-state index in [-0.39, 0.29) is 17.9 Å². The molecular formula is C13H26N2O3. The molecule has 0 aliphatic carbocycles. The van der Waals surface area contributed by atoms with Crippen LogP contribution in [0, 0.1) is 11.8 Å². The fourth-order valence-electron chi connectivity index (χ4n) is 1.90. The Morgan fingerprint density at radius 1 is 1.39 bits per heavy atom. The number of hydrogen-bond acceptors (Lipinski definition) is 4. The first kappa shape index (κ1) is 15.4. The number of likely N-dealkylation sites (N-methyl/N-ethyl adjacent to an activating group) is 1. The molecule has 18 heavy (non-hydrogen) atoms. The summed E-state index contributed by atoms with van der Waals surface area (Å²) in [5.74, 6) is 0.636. The van der Waals surface area contributed by atoms with Crippen molar-refractivity contribution in [2.24, 2.45) is 11.8 Å². The van der Waals surface area contributed by atoms with Crippen LogP contribution in [0.3, 0.4) is 0 Å². The summed E-state index contributed by atoms with van der Waals surface area (Å²) >= 11 is 0. The Bertz CT molecular complexity index is 246. The van der Waals surface area contributed by atoms with Crippen LogP contribution in [0.5, 0.6) is 0 Å². The highest BCUT2D eigenvalue weighted by molar-refractivity contribution is 5.79. The van der Waals surface area contributed by atoms with E-state index in [9.17, 15) is 4.79 Å². The van der Waals surface area contributed by atoms with Crippen molar-refractivity contribution in [2.45, 2.75) is 26.3 Å². The minimum atomic E-state index is -0.0781. The largest absolute Gasteiger partial charge is 0.380 e. The fourth-order valence-corrected chi connectivity index (χ4v) is 1.90. The molecule has 106 valence electrons. The molecule has 0 aromatic rings. The van der Waals surface area contributed by atoms with Crippen LogP contribution in [0.1, 0.15) is 20.3 Å². The number of rotatable bonds is 8. The first-order chi connectivity index (χ1) is 8.65. The third-order valence-corrected chi connectivity index (χ3v) is 3.17. The third-order valence-electron chi connectivity index (χ3n) is 3.17. The number of ether oxygens (including phenoxy) is 2. The Labute approximate surface area is 110 Å². The number of carbonyl (C=O) groups excluding carboxylic acids is 1. The highest BCUT2D eigenvalue weighted by atomic mass is 16.5. The summed E-state index contributed by atoms with van der Waals surface area (Å²) in [7, 11) is 1.86. The second-order valence-corrected chi connectivity index (χ2v) is 5.13. The summed E-state index contributed by atoms with van der Waals surface area (Å²) in [6.45, 7) is 7.37. The SMILES string of the molecule is CNC1COCC1C(=O)NCCOCCC(C)C. The van der Waals surface area contributed by atoms with Crippen LogP contribution in [-0.4, -0.2) is 52.0 Å². The smallest absolute Gasteiger partial charge is 0.227 e. The van der Waals surface area contributed by atoms with Crippen LogP contribution in [-0.2, 0) is 14.3 Å². The Hall–Kier alpha value is -0.650. The van der Waals surface area contributed by atoms with Gasteiger partial charge in [-0.15, -0.1) is 0 Å². The summed E-state index contributed by atoms with van der Waals surface area (Å²) in [6, 6.07) is 0.131. The maximum absolute atomic E-state index is 11.9. The van der Waals surface area contributed by atoms with E-state index in [1.54, 1.807) is 0 Å². The first-order valence-corrected chi connectivity index (χ1v) is 6.75. The molecule has 1 aliphatic rings. The fraction of sp³-hybridized carbons (Fsp3) is 0.923. The van der Waals surface area contributed by atoms with E-state index in [4.69, 9.17) is 9.47 Å². The topological polar surface area (TPSA) is 59.6 Å². The van der Waals surface area contributed by atoms with Crippen LogP contribution in [0.4, 0.5) is 0 Å². The molecule has 5 heteroatoms. The van der Waals surface area contributed by atoms with E-state index < -0.39 is 0 Å². The van der Waals surface area contributed by atoms with Crippen molar-refractivity contribution < 1.29 is 14.3 Å². The van der Waals surface area contributed by atoms with Gasteiger partial charge in [0.2, 0.25) is 5.91 Å². The van der Waals surface area contributed by atoms with E-state index in [1.807, 2.05) is 7.05 Å². The van der Waals surface area contributed by atoms with Crippen LogP contribution >= 0.6 is 0 Å². The van der Waals surface area contributed by atoms with Gasteiger partial charge in [0.25, 0.3) is 0 Å². The van der Waals surface area contributed by atoms with Crippen LogP contribution in [0.25, 0.3) is 0 Å². The molecule has 0 aromatic heterocycles. The maximum atomic E-state index is 11.9. The molecule has 2 unspecified atom stereocenters. The van der Waals surface area contributed by atoms with E-state index in [0.29, 0.717) is 32.3 Å². The molecule has 5 nitrogen and oxygen atoms in total. The molecule has 0 saturated carbocycles. The van der Waals surface area contributed by atoms with Gasteiger partial charge >= 0.3 is 0 Å². The van der Waals surface area contributed by atoms with E-state index in [0.717, 1.165) is 13.0 Å². The lowest BCUT2D eigenvalue weighted by Gasteiger charge is -2.16. The normalized spacial score (nSPS) is 23.6. The summed E-state index contributed by atoms with van der Waals surface area (Å²) < 4.78 is 10.7. The average Bonchev–Trinajstić information content (AvgIpc) is 2.81. The van der Waals surface area contributed by atoms with Crippen LogP contribution in [0.15, 0.2) is 0 Å². The van der Waals surface area contributed by atoms with Crippen molar-refractivity contribution in [3.05, 3.63) is 0 Å². The molecule has 0 aromatic carbocycles. The second kappa shape index (κ2) is 8.45. The molecule has 1 heterocycles. The average molecular weight is 258 g/mol. The second-order valence-electron chi connectivity index (χ2n) is 5.13. The minimum absolute atomic E-state index is 0.0549. The maximum Gasteiger partial charge on any atom is 0.227 e. The molecule has 0 spiro atoms. The standard InChI is InChI=1S/C13H26N2O3/c1-10(2)4-6-17-7-5-15-13(16)11-8-18-9-12(11)14-3/h10-12,14H,4-9H2,1-3H3,(H,15,16). The number of hydrogen-bond donors (Lipinski definition) is 2. The molecular weight excluding hydrogens is 232 g/mol. The quantitative estimate of drug-likeness (QED) is 0.619. The zero-order valence-corrected chi connectivity index (χ0v) is 11.7. The van der Waals surface area contributed by atoms with E-state index >= 15 is 0 Å². The van der Waals surface area contributed by atoms with Gasteiger partial charge in [-0.25, -0.2) is 0 Å². The Morgan fingerprint density at radius 3 is 2.83 bits per heavy atom. The summed E-state index contributed by atoms with van der Waals surface area (Å²) in [5.41, 5.74) is 0. The molecule has 1 fully saturated rings. The van der Waals surface area contributed by atoms with Gasteiger partial charge in [0.1, 0.15) is 0 Å². The molecule has 1 aliphatic heterocycles. The lowest BCUT2D eigenvalue weighted by Crippen LogP contribution is -2.43. The molecule has 1 amide bonds. The van der Waals surface area contributed by atoms with Crippen molar-refractivity contribution >= 4 is 5.91 Å². The minimum Gasteiger partial charge on any atom is -0.380 e. The molecule has 2 atom stereocenters. The molecule has 0 bridgehead atoms. The zero-order valence-electron chi connectivity index (χ0n) is 11.7. The van der Waals surface area contributed by atoms with Gasteiger partial charge in [-0.1, -0.05) is 13.8 Å². The van der Waals surface area contributed by atoms with Gasteiger partial charge in [0, 0.05) is 19.2 Å². The highest BCUT2D eigenvalue weighted by Crippen LogP contribution is 2.13. The highest BCUT2D eigenvalue weighted by Gasteiger charge is 2.32. The number of nitrogens with one attached hydrogen (secondary N) is 2. The van der Waals surface area contributed by atoms with Crippen molar-refractivity contribution in [3.8, 4) is 0 Å². The van der Waals surface area contributed by atoms with Crippen molar-refractivity contribution in [1.82, 2.24) is 10.6 Å². The lowest BCUT2D eigenvalue weighted by atomic mass is 10.0. The van der Waals surface area contributed by atoms with Crippen LogP contribution < -0.4 is 10.6 Å². The Morgan fingerprint density at radius 2 is 2.17 bits per heavy atom. The summed E-state index contributed by atoms with van der Waals surface area (Å²) in [5, 5.41) is 5.99. The summed E-state index contributed by atoms with van der Waals surface area (Å²) in [6.07, 6.45) is 1.06.